The van der Waals surface area contributed by atoms with E-state index >= 15 is 0 Å². The molecule has 4 nitrogen and oxygen atoms in total. The molecule has 20 heavy (non-hydrogen) atoms. The third-order valence-electron chi connectivity index (χ3n) is 2.90. The molecule has 0 saturated heterocycles. The van der Waals surface area contributed by atoms with Gasteiger partial charge in [0.05, 0.1) is 39.6 Å². The van der Waals surface area contributed by atoms with Crippen molar-refractivity contribution in [3.8, 4) is 0 Å². The first-order valence-electron chi connectivity index (χ1n) is 8.22. The second-order valence-electron chi connectivity index (χ2n) is 4.86. The van der Waals surface area contributed by atoms with Gasteiger partial charge in [0.15, 0.2) is 0 Å². The summed E-state index contributed by atoms with van der Waals surface area (Å²) in [5.74, 6) is 0. The Morgan fingerprint density at radius 3 is 1.25 bits per heavy atom. The van der Waals surface area contributed by atoms with Gasteiger partial charge in [-0.3, -0.25) is 0 Å². The number of rotatable bonds is 17. The van der Waals surface area contributed by atoms with Crippen LogP contribution in [0, 0.1) is 0 Å². The van der Waals surface area contributed by atoms with Gasteiger partial charge >= 0.3 is 0 Å². The van der Waals surface area contributed by atoms with Crippen LogP contribution in [-0.2, 0) is 18.9 Å². The van der Waals surface area contributed by atoms with Crippen molar-refractivity contribution in [2.24, 2.45) is 0 Å². The molecule has 0 aliphatic rings. The van der Waals surface area contributed by atoms with Crippen LogP contribution in [0.4, 0.5) is 0 Å². The Bertz CT molecular complexity index is 147. The Morgan fingerprint density at radius 2 is 0.800 bits per heavy atom. The van der Waals surface area contributed by atoms with Crippen molar-refractivity contribution in [3.63, 3.8) is 0 Å². The number of hydrogen-bond acceptors (Lipinski definition) is 4. The van der Waals surface area contributed by atoms with Crippen molar-refractivity contribution >= 4 is 0 Å². The Morgan fingerprint density at radius 1 is 0.400 bits per heavy atom. The van der Waals surface area contributed by atoms with Crippen molar-refractivity contribution in [2.75, 3.05) is 52.9 Å². The summed E-state index contributed by atoms with van der Waals surface area (Å²) in [7, 11) is 0. The van der Waals surface area contributed by atoms with Crippen LogP contribution in [0.25, 0.3) is 0 Å². The van der Waals surface area contributed by atoms with Crippen LogP contribution in [0.1, 0.15) is 52.4 Å². The maximum absolute atomic E-state index is 5.48. The molecule has 0 atom stereocenters. The summed E-state index contributed by atoms with van der Waals surface area (Å²) >= 11 is 0. The molecule has 0 aromatic heterocycles. The van der Waals surface area contributed by atoms with E-state index in [1.54, 1.807) is 0 Å². The molecule has 0 N–H and O–H groups in total. The molecule has 0 spiro atoms. The summed E-state index contributed by atoms with van der Waals surface area (Å²) in [5, 5.41) is 0. The largest absolute Gasteiger partial charge is 0.379 e. The Hall–Kier alpha value is -0.160. The third kappa shape index (κ3) is 17.8. The standard InChI is InChI=1S/C16H34O4/c1-3-5-7-8-10-18-12-14-20-16-15-19-13-11-17-9-6-4-2/h3-16H2,1-2H3. The van der Waals surface area contributed by atoms with Gasteiger partial charge in [-0.05, 0) is 12.8 Å². The molecule has 0 fully saturated rings. The molecule has 0 aliphatic heterocycles. The van der Waals surface area contributed by atoms with Crippen molar-refractivity contribution < 1.29 is 18.9 Å². The van der Waals surface area contributed by atoms with Crippen LogP contribution in [0.3, 0.4) is 0 Å². The van der Waals surface area contributed by atoms with Gasteiger partial charge in [-0.25, -0.2) is 0 Å². The second kappa shape index (κ2) is 18.8. The Labute approximate surface area is 125 Å². The summed E-state index contributed by atoms with van der Waals surface area (Å²) in [6.45, 7) is 10.0. The Balaban J connectivity index is 2.89. The first-order valence-corrected chi connectivity index (χ1v) is 8.22. The zero-order valence-corrected chi connectivity index (χ0v) is 13.5. The quantitative estimate of drug-likeness (QED) is 0.385. The van der Waals surface area contributed by atoms with Gasteiger partial charge in [-0.2, -0.15) is 0 Å². The van der Waals surface area contributed by atoms with Crippen LogP contribution < -0.4 is 0 Å². The van der Waals surface area contributed by atoms with E-state index in [9.17, 15) is 0 Å². The average Bonchev–Trinajstić information content (AvgIpc) is 2.47. The highest BCUT2D eigenvalue weighted by Gasteiger charge is 1.93. The maximum atomic E-state index is 5.48. The molecule has 0 aromatic carbocycles. The summed E-state index contributed by atoms with van der Waals surface area (Å²) in [5.41, 5.74) is 0. The SMILES string of the molecule is CCCCCCOCCOCCOCCOCCCC. The van der Waals surface area contributed by atoms with E-state index in [2.05, 4.69) is 13.8 Å². The monoisotopic (exact) mass is 290 g/mol. The van der Waals surface area contributed by atoms with Crippen molar-refractivity contribution in [3.05, 3.63) is 0 Å². The van der Waals surface area contributed by atoms with E-state index in [1.165, 1.54) is 25.7 Å². The highest BCUT2D eigenvalue weighted by atomic mass is 16.6. The molecular weight excluding hydrogens is 256 g/mol. The Kier molecular flexibility index (Phi) is 18.7. The van der Waals surface area contributed by atoms with Crippen molar-refractivity contribution in [1.82, 2.24) is 0 Å². The minimum atomic E-state index is 0.633. The van der Waals surface area contributed by atoms with Crippen LogP contribution in [0.2, 0.25) is 0 Å². The lowest BCUT2D eigenvalue weighted by molar-refractivity contribution is -0.00237. The van der Waals surface area contributed by atoms with Crippen LogP contribution in [0.5, 0.6) is 0 Å². The van der Waals surface area contributed by atoms with Gasteiger partial charge < -0.3 is 18.9 Å². The average molecular weight is 290 g/mol. The minimum absolute atomic E-state index is 0.633. The molecule has 0 heterocycles. The normalized spacial score (nSPS) is 11.1. The van der Waals surface area contributed by atoms with E-state index in [4.69, 9.17) is 18.9 Å². The zero-order valence-electron chi connectivity index (χ0n) is 13.5. The van der Waals surface area contributed by atoms with Gasteiger partial charge in [0.1, 0.15) is 0 Å². The number of unbranched alkanes of at least 4 members (excludes halogenated alkanes) is 4. The van der Waals surface area contributed by atoms with Gasteiger partial charge in [0.2, 0.25) is 0 Å². The summed E-state index contributed by atoms with van der Waals surface area (Å²) < 4.78 is 21.7. The summed E-state index contributed by atoms with van der Waals surface area (Å²) in [4.78, 5) is 0. The molecule has 0 rings (SSSR count). The van der Waals surface area contributed by atoms with Gasteiger partial charge in [-0.15, -0.1) is 0 Å². The second-order valence-corrected chi connectivity index (χ2v) is 4.86. The van der Waals surface area contributed by atoms with Crippen LogP contribution in [0.15, 0.2) is 0 Å². The van der Waals surface area contributed by atoms with Gasteiger partial charge in [-0.1, -0.05) is 39.5 Å². The molecule has 0 amide bonds. The smallest absolute Gasteiger partial charge is 0.0701 e. The van der Waals surface area contributed by atoms with Gasteiger partial charge in [0, 0.05) is 13.2 Å². The predicted octanol–water partition coefficient (Wildman–Crippen LogP) is 3.43. The van der Waals surface area contributed by atoms with E-state index in [1.807, 2.05) is 0 Å². The molecule has 0 unspecified atom stereocenters. The predicted molar refractivity (Wildman–Crippen MR) is 82.3 cm³/mol. The highest BCUT2D eigenvalue weighted by Crippen LogP contribution is 1.98. The topological polar surface area (TPSA) is 36.9 Å². The number of ether oxygens (including phenoxy) is 4. The molecular formula is C16H34O4. The molecule has 0 aliphatic carbocycles. The maximum Gasteiger partial charge on any atom is 0.0701 e. The molecule has 0 saturated carbocycles. The van der Waals surface area contributed by atoms with E-state index < -0.39 is 0 Å². The fraction of sp³-hybridized carbons (Fsp3) is 1.00. The van der Waals surface area contributed by atoms with Crippen molar-refractivity contribution in [1.29, 1.82) is 0 Å². The fourth-order valence-electron chi connectivity index (χ4n) is 1.64. The first-order chi connectivity index (χ1) is 9.91. The molecule has 0 radical (unpaired) electrons. The molecule has 0 aromatic rings. The number of hydrogen-bond donors (Lipinski definition) is 0. The highest BCUT2D eigenvalue weighted by molar-refractivity contribution is 4.40. The fourth-order valence-corrected chi connectivity index (χ4v) is 1.64. The van der Waals surface area contributed by atoms with E-state index in [0.29, 0.717) is 39.6 Å². The minimum Gasteiger partial charge on any atom is -0.379 e. The van der Waals surface area contributed by atoms with E-state index in [-0.39, 0.29) is 0 Å². The summed E-state index contributed by atoms with van der Waals surface area (Å²) in [6, 6.07) is 0. The lowest BCUT2D eigenvalue weighted by atomic mass is 10.2. The first kappa shape index (κ1) is 19.8. The van der Waals surface area contributed by atoms with E-state index in [0.717, 1.165) is 26.1 Å². The third-order valence-corrected chi connectivity index (χ3v) is 2.90. The van der Waals surface area contributed by atoms with Crippen molar-refractivity contribution in [2.45, 2.75) is 52.4 Å². The zero-order chi connectivity index (χ0) is 14.7. The molecule has 4 heteroatoms. The van der Waals surface area contributed by atoms with Crippen LogP contribution in [-0.4, -0.2) is 52.9 Å². The lowest BCUT2D eigenvalue weighted by Crippen LogP contribution is -2.12. The molecule has 122 valence electrons. The van der Waals surface area contributed by atoms with Gasteiger partial charge in [0.25, 0.3) is 0 Å². The lowest BCUT2D eigenvalue weighted by Gasteiger charge is -2.07. The molecule has 0 bridgehead atoms. The van der Waals surface area contributed by atoms with Crippen LogP contribution >= 0.6 is 0 Å². The summed E-state index contributed by atoms with van der Waals surface area (Å²) in [6.07, 6.45) is 7.31.